The zero-order valence-electron chi connectivity index (χ0n) is 19.9. The first-order chi connectivity index (χ1) is 17.6. The van der Waals surface area contributed by atoms with Crippen LogP contribution in [0.1, 0.15) is 28.7 Å². The third-order valence-electron chi connectivity index (χ3n) is 6.47. The van der Waals surface area contributed by atoms with Gasteiger partial charge in [-0.2, -0.15) is 0 Å². The maximum Gasteiger partial charge on any atom is 0.411 e. The SMILES string of the molecule is COC(=O)Nc1ccc(NC(=O)[C@@H](NCC2c3ccccc3-c3ccccc32)c2ccccc2)cc1. The van der Waals surface area contributed by atoms with Crippen LogP contribution < -0.4 is 16.0 Å². The van der Waals surface area contributed by atoms with Crippen molar-refractivity contribution in [3.63, 3.8) is 0 Å². The van der Waals surface area contributed by atoms with Gasteiger partial charge >= 0.3 is 6.09 Å². The van der Waals surface area contributed by atoms with Crippen LogP contribution in [0.25, 0.3) is 11.1 Å². The van der Waals surface area contributed by atoms with E-state index in [9.17, 15) is 9.59 Å². The number of carbonyl (C=O) groups excluding carboxylic acids is 2. The van der Waals surface area contributed by atoms with Gasteiger partial charge < -0.3 is 15.4 Å². The van der Waals surface area contributed by atoms with Gasteiger partial charge in [-0.3, -0.25) is 10.1 Å². The van der Waals surface area contributed by atoms with Crippen molar-refractivity contribution in [2.75, 3.05) is 24.3 Å². The quantitative estimate of drug-likeness (QED) is 0.307. The van der Waals surface area contributed by atoms with Crippen molar-refractivity contribution in [2.24, 2.45) is 0 Å². The van der Waals surface area contributed by atoms with E-state index in [0.29, 0.717) is 17.9 Å². The summed E-state index contributed by atoms with van der Waals surface area (Å²) < 4.78 is 4.61. The average Bonchev–Trinajstić information content (AvgIpc) is 3.24. The smallest absolute Gasteiger partial charge is 0.411 e. The van der Waals surface area contributed by atoms with Gasteiger partial charge in [0.15, 0.2) is 0 Å². The molecular formula is C30H27N3O3. The number of hydrogen-bond acceptors (Lipinski definition) is 4. The number of benzene rings is 4. The Bertz CT molecular complexity index is 1320. The predicted octanol–water partition coefficient (Wildman–Crippen LogP) is 5.95. The van der Waals surface area contributed by atoms with Crippen LogP contribution in [0.2, 0.25) is 0 Å². The van der Waals surface area contributed by atoms with Gasteiger partial charge in [0.2, 0.25) is 5.91 Å². The number of methoxy groups -OCH3 is 1. The fourth-order valence-electron chi connectivity index (χ4n) is 4.74. The minimum atomic E-state index is -0.546. The molecule has 0 unspecified atom stereocenters. The Morgan fingerprint density at radius 3 is 1.83 bits per heavy atom. The van der Waals surface area contributed by atoms with E-state index in [2.05, 4.69) is 69.2 Å². The molecule has 0 bridgehead atoms. The lowest BCUT2D eigenvalue weighted by atomic mass is 9.96. The van der Waals surface area contributed by atoms with Gasteiger partial charge in [0.25, 0.3) is 0 Å². The Kier molecular flexibility index (Phi) is 6.78. The molecule has 1 aliphatic rings. The largest absolute Gasteiger partial charge is 0.453 e. The first-order valence-corrected chi connectivity index (χ1v) is 11.9. The second-order valence-electron chi connectivity index (χ2n) is 8.66. The molecule has 0 aliphatic heterocycles. The van der Waals surface area contributed by atoms with Crippen LogP contribution in [0.3, 0.4) is 0 Å². The lowest BCUT2D eigenvalue weighted by Crippen LogP contribution is -2.35. The van der Waals surface area contributed by atoms with Crippen molar-refractivity contribution in [3.8, 4) is 11.1 Å². The van der Waals surface area contributed by atoms with E-state index in [1.165, 1.54) is 29.4 Å². The van der Waals surface area contributed by atoms with Crippen molar-refractivity contribution in [2.45, 2.75) is 12.0 Å². The molecule has 1 aliphatic carbocycles. The van der Waals surface area contributed by atoms with Crippen LogP contribution in [0.4, 0.5) is 16.2 Å². The Labute approximate surface area is 210 Å². The van der Waals surface area contributed by atoms with E-state index in [0.717, 1.165) is 5.56 Å². The maximum absolute atomic E-state index is 13.5. The van der Waals surface area contributed by atoms with Crippen molar-refractivity contribution in [3.05, 3.63) is 120 Å². The molecule has 0 spiro atoms. The predicted molar refractivity (Wildman–Crippen MR) is 142 cm³/mol. The van der Waals surface area contributed by atoms with Crippen molar-refractivity contribution < 1.29 is 14.3 Å². The zero-order chi connectivity index (χ0) is 24.9. The number of hydrogen-bond donors (Lipinski definition) is 3. The summed E-state index contributed by atoms with van der Waals surface area (Å²) in [6.07, 6.45) is -0.546. The topological polar surface area (TPSA) is 79.5 Å². The summed E-state index contributed by atoms with van der Waals surface area (Å²) >= 11 is 0. The molecule has 4 aromatic carbocycles. The molecule has 0 radical (unpaired) electrons. The van der Waals surface area contributed by atoms with E-state index in [4.69, 9.17) is 0 Å². The first kappa shape index (κ1) is 23.3. The molecule has 3 N–H and O–H groups in total. The van der Waals surface area contributed by atoms with Gasteiger partial charge in [-0.05, 0) is 52.1 Å². The van der Waals surface area contributed by atoms with Crippen molar-refractivity contribution in [1.82, 2.24) is 5.32 Å². The fraction of sp³-hybridized carbons (Fsp3) is 0.133. The van der Waals surface area contributed by atoms with Gasteiger partial charge in [0, 0.05) is 23.8 Å². The monoisotopic (exact) mass is 477 g/mol. The van der Waals surface area contributed by atoms with Gasteiger partial charge in [0.1, 0.15) is 6.04 Å². The van der Waals surface area contributed by atoms with E-state index in [1.54, 1.807) is 24.3 Å². The van der Waals surface area contributed by atoms with Crippen LogP contribution in [-0.2, 0) is 9.53 Å². The molecule has 5 rings (SSSR count). The molecule has 0 saturated carbocycles. The minimum absolute atomic E-state index is 0.153. The summed E-state index contributed by atoms with van der Waals surface area (Å²) in [5, 5.41) is 9.14. The highest BCUT2D eigenvalue weighted by molar-refractivity contribution is 5.96. The van der Waals surface area contributed by atoms with Gasteiger partial charge in [-0.1, -0.05) is 78.9 Å². The van der Waals surface area contributed by atoms with E-state index >= 15 is 0 Å². The Hall–Kier alpha value is -4.42. The molecule has 4 aromatic rings. The van der Waals surface area contributed by atoms with Crippen LogP contribution >= 0.6 is 0 Å². The van der Waals surface area contributed by atoms with E-state index < -0.39 is 12.1 Å². The molecule has 0 saturated heterocycles. The summed E-state index contributed by atoms with van der Waals surface area (Å²) in [6.45, 7) is 0.614. The summed E-state index contributed by atoms with van der Waals surface area (Å²) in [5.74, 6) is -0.00506. The summed E-state index contributed by atoms with van der Waals surface area (Å²) in [4.78, 5) is 24.9. The molecule has 180 valence electrons. The molecule has 0 aromatic heterocycles. The van der Waals surface area contributed by atoms with Gasteiger partial charge in [-0.25, -0.2) is 4.79 Å². The van der Waals surface area contributed by atoms with E-state index in [1.807, 2.05) is 30.3 Å². The summed E-state index contributed by atoms with van der Waals surface area (Å²) in [6, 6.07) is 33.0. The lowest BCUT2D eigenvalue weighted by Gasteiger charge is -2.22. The number of nitrogens with one attached hydrogen (secondary N) is 3. The average molecular weight is 478 g/mol. The van der Waals surface area contributed by atoms with Crippen LogP contribution in [-0.4, -0.2) is 25.7 Å². The summed E-state index contributed by atoms with van der Waals surface area (Å²) in [7, 11) is 1.31. The summed E-state index contributed by atoms with van der Waals surface area (Å²) in [5.41, 5.74) is 7.14. The Morgan fingerprint density at radius 2 is 1.25 bits per heavy atom. The highest BCUT2D eigenvalue weighted by Gasteiger charge is 2.30. The Morgan fingerprint density at radius 1 is 0.722 bits per heavy atom. The van der Waals surface area contributed by atoms with Gasteiger partial charge in [0.05, 0.1) is 7.11 Å². The molecule has 0 heterocycles. The van der Waals surface area contributed by atoms with E-state index in [-0.39, 0.29) is 11.8 Å². The highest BCUT2D eigenvalue weighted by atomic mass is 16.5. The second-order valence-corrected chi connectivity index (χ2v) is 8.66. The maximum atomic E-state index is 13.5. The second kappa shape index (κ2) is 10.5. The van der Waals surface area contributed by atoms with Crippen LogP contribution in [0.5, 0.6) is 0 Å². The highest BCUT2D eigenvalue weighted by Crippen LogP contribution is 2.44. The molecule has 2 amide bonds. The zero-order valence-corrected chi connectivity index (χ0v) is 19.9. The Balaban J connectivity index is 1.35. The van der Waals surface area contributed by atoms with Gasteiger partial charge in [-0.15, -0.1) is 0 Å². The minimum Gasteiger partial charge on any atom is -0.453 e. The molecule has 36 heavy (non-hydrogen) atoms. The van der Waals surface area contributed by atoms with Crippen molar-refractivity contribution in [1.29, 1.82) is 0 Å². The number of carbonyl (C=O) groups is 2. The first-order valence-electron chi connectivity index (χ1n) is 11.9. The standard InChI is InChI=1S/C30H27N3O3/c1-36-30(35)33-22-17-15-21(16-18-22)32-29(34)28(20-9-3-2-4-10-20)31-19-27-25-13-7-5-11-23(25)24-12-6-8-14-26(24)27/h2-18,27-28,31H,19H2,1H3,(H,32,34)(H,33,35)/t28-/m0/s1. The molecular weight excluding hydrogens is 450 g/mol. The number of fused-ring (bicyclic) bond motifs is 3. The fourth-order valence-corrected chi connectivity index (χ4v) is 4.74. The molecule has 1 atom stereocenters. The molecule has 6 heteroatoms. The normalized spacial score (nSPS) is 12.8. The van der Waals surface area contributed by atoms with Crippen LogP contribution in [0, 0.1) is 0 Å². The number of rotatable bonds is 7. The third-order valence-corrected chi connectivity index (χ3v) is 6.47. The third kappa shape index (κ3) is 4.85. The van der Waals surface area contributed by atoms with Crippen molar-refractivity contribution >= 4 is 23.4 Å². The number of ether oxygens (including phenoxy) is 1. The number of anilines is 2. The molecule has 6 nitrogen and oxygen atoms in total. The number of amides is 2. The van der Waals surface area contributed by atoms with Crippen LogP contribution in [0.15, 0.2) is 103 Å². The lowest BCUT2D eigenvalue weighted by molar-refractivity contribution is -0.118. The molecule has 0 fully saturated rings.